The maximum Gasteiger partial charge on any atom is 0.295 e. The SMILES string of the molecule is Cc1ccc(Nc2ccc(F)cc2[N+](=O)[O-])c(N)c1. The predicted molar refractivity (Wildman–Crippen MR) is 71.9 cm³/mol. The summed E-state index contributed by atoms with van der Waals surface area (Å²) in [5.74, 6) is -0.658. The zero-order valence-corrected chi connectivity index (χ0v) is 10.2. The molecule has 0 heterocycles. The van der Waals surface area contributed by atoms with E-state index in [1.165, 1.54) is 6.07 Å². The normalized spacial score (nSPS) is 10.2. The van der Waals surface area contributed by atoms with Crippen molar-refractivity contribution in [3.63, 3.8) is 0 Å². The number of rotatable bonds is 3. The summed E-state index contributed by atoms with van der Waals surface area (Å²) in [6.45, 7) is 1.89. The maximum atomic E-state index is 13.0. The van der Waals surface area contributed by atoms with Crippen molar-refractivity contribution >= 4 is 22.7 Å². The topological polar surface area (TPSA) is 81.2 Å². The van der Waals surface area contributed by atoms with E-state index in [1.807, 2.05) is 13.0 Å². The van der Waals surface area contributed by atoms with Crippen LogP contribution in [-0.4, -0.2) is 4.92 Å². The number of hydrogen-bond donors (Lipinski definition) is 2. The van der Waals surface area contributed by atoms with Crippen LogP contribution in [0.25, 0.3) is 0 Å². The Bertz CT molecular complexity index is 644. The summed E-state index contributed by atoms with van der Waals surface area (Å²) in [7, 11) is 0. The van der Waals surface area contributed by atoms with Gasteiger partial charge in [-0.3, -0.25) is 10.1 Å². The molecule has 2 aromatic rings. The number of nitro groups is 1. The number of nitrogens with two attached hydrogens (primary N) is 1. The van der Waals surface area contributed by atoms with Crippen LogP contribution < -0.4 is 11.1 Å². The minimum atomic E-state index is -0.658. The number of nitrogen functional groups attached to an aromatic ring is 1. The third-order valence-electron chi connectivity index (χ3n) is 2.63. The molecule has 5 nitrogen and oxygen atoms in total. The van der Waals surface area contributed by atoms with E-state index in [1.54, 1.807) is 12.1 Å². The first-order valence-electron chi connectivity index (χ1n) is 5.54. The molecular formula is C13H12FN3O2. The van der Waals surface area contributed by atoms with E-state index in [9.17, 15) is 14.5 Å². The fourth-order valence-electron chi connectivity index (χ4n) is 1.70. The van der Waals surface area contributed by atoms with Crippen LogP contribution >= 0.6 is 0 Å². The van der Waals surface area contributed by atoms with E-state index in [4.69, 9.17) is 5.73 Å². The fraction of sp³-hybridized carbons (Fsp3) is 0.0769. The highest BCUT2D eigenvalue weighted by Crippen LogP contribution is 2.30. The summed E-state index contributed by atoms with van der Waals surface area (Å²) in [6, 6.07) is 8.63. The van der Waals surface area contributed by atoms with Crippen molar-refractivity contribution < 1.29 is 9.31 Å². The average Bonchev–Trinajstić information content (AvgIpc) is 2.34. The van der Waals surface area contributed by atoms with Gasteiger partial charge in [-0.25, -0.2) is 4.39 Å². The third kappa shape index (κ3) is 2.79. The summed E-state index contributed by atoms with van der Waals surface area (Å²) in [6.07, 6.45) is 0. The Morgan fingerprint density at radius 3 is 2.53 bits per heavy atom. The van der Waals surface area contributed by atoms with Gasteiger partial charge in [0.15, 0.2) is 0 Å². The zero-order valence-electron chi connectivity index (χ0n) is 10.2. The molecule has 0 unspecified atom stereocenters. The number of hydrogen-bond acceptors (Lipinski definition) is 4. The minimum absolute atomic E-state index is 0.196. The van der Waals surface area contributed by atoms with Crippen LogP contribution in [0.5, 0.6) is 0 Å². The Hall–Kier alpha value is -2.63. The molecule has 2 aromatic carbocycles. The Labute approximate surface area is 109 Å². The second-order valence-corrected chi connectivity index (χ2v) is 4.13. The summed E-state index contributed by atoms with van der Waals surface area (Å²) < 4.78 is 13.0. The van der Waals surface area contributed by atoms with Crippen LogP contribution in [0.15, 0.2) is 36.4 Å². The highest BCUT2D eigenvalue weighted by molar-refractivity contribution is 5.77. The first-order chi connectivity index (χ1) is 8.97. The molecule has 0 saturated heterocycles. The standard InChI is InChI=1S/C13H12FN3O2/c1-8-2-4-11(10(15)6-8)16-12-5-3-9(14)7-13(12)17(18)19/h2-7,16H,15H2,1H3. The first kappa shape index (κ1) is 12.8. The van der Waals surface area contributed by atoms with E-state index in [0.717, 1.165) is 17.7 Å². The van der Waals surface area contributed by atoms with Gasteiger partial charge in [0.1, 0.15) is 11.5 Å². The van der Waals surface area contributed by atoms with Gasteiger partial charge < -0.3 is 11.1 Å². The van der Waals surface area contributed by atoms with Gasteiger partial charge in [-0.05, 0) is 36.8 Å². The van der Waals surface area contributed by atoms with Gasteiger partial charge in [0.25, 0.3) is 5.69 Å². The Morgan fingerprint density at radius 2 is 1.89 bits per heavy atom. The van der Waals surface area contributed by atoms with E-state index < -0.39 is 10.7 Å². The van der Waals surface area contributed by atoms with E-state index in [-0.39, 0.29) is 11.4 Å². The van der Waals surface area contributed by atoms with Crippen LogP contribution in [0.1, 0.15) is 5.56 Å². The first-order valence-corrected chi connectivity index (χ1v) is 5.54. The number of nitrogens with one attached hydrogen (secondary N) is 1. The molecule has 0 fully saturated rings. The highest BCUT2D eigenvalue weighted by atomic mass is 19.1. The van der Waals surface area contributed by atoms with Crippen molar-refractivity contribution in [2.75, 3.05) is 11.1 Å². The van der Waals surface area contributed by atoms with Gasteiger partial charge in [-0.15, -0.1) is 0 Å². The van der Waals surface area contributed by atoms with Gasteiger partial charge in [0, 0.05) is 0 Å². The van der Waals surface area contributed by atoms with Crippen molar-refractivity contribution in [1.29, 1.82) is 0 Å². The Morgan fingerprint density at radius 1 is 1.21 bits per heavy atom. The highest BCUT2D eigenvalue weighted by Gasteiger charge is 2.15. The molecule has 2 rings (SSSR count). The number of anilines is 3. The van der Waals surface area contributed by atoms with Crippen molar-refractivity contribution in [2.45, 2.75) is 6.92 Å². The molecule has 3 N–H and O–H groups in total. The second-order valence-electron chi connectivity index (χ2n) is 4.13. The van der Waals surface area contributed by atoms with Crippen molar-refractivity contribution in [3.05, 3.63) is 57.9 Å². The zero-order chi connectivity index (χ0) is 14.0. The van der Waals surface area contributed by atoms with Crippen LogP contribution in [0.2, 0.25) is 0 Å². The molecule has 0 aromatic heterocycles. The monoisotopic (exact) mass is 261 g/mol. The molecule has 0 radical (unpaired) electrons. The van der Waals surface area contributed by atoms with Crippen molar-refractivity contribution in [1.82, 2.24) is 0 Å². The summed E-state index contributed by atoms with van der Waals surface area (Å²) in [4.78, 5) is 10.2. The molecule has 19 heavy (non-hydrogen) atoms. The van der Waals surface area contributed by atoms with Gasteiger partial charge in [-0.2, -0.15) is 0 Å². The van der Waals surface area contributed by atoms with Crippen molar-refractivity contribution in [2.24, 2.45) is 0 Å². The molecule has 0 bridgehead atoms. The molecular weight excluding hydrogens is 249 g/mol. The molecule has 0 aliphatic carbocycles. The van der Waals surface area contributed by atoms with E-state index >= 15 is 0 Å². The lowest BCUT2D eigenvalue weighted by Gasteiger charge is -2.10. The van der Waals surface area contributed by atoms with Crippen molar-refractivity contribution in [3.8, 4) is 0 Å². The van der Waals surface area contributed by atoms with Crippen LogP contribution in [-0.2, 0) is 0 Å². The lowest BCUT2D eigenvalue weighted by Crippen LogP contribution is -2.00. The van der Waals surface area contributed by atoms with Crippen LogP contribution in [0.3, 0.4) is 0 Å². The second kappa shape index (κ2) is 4.93. The van der Waals surface area contributed by atoms with Gasteiger partial charge in [0.2, 0.25) is 0 Å². The summed E-state index contributed by atoms with van der Waals surface area (Å²) in [5.41, 5.74) is 7.68. The Balaban J connectivity index is 2.40. The number of nitro benzene ring substituents is 1. The average molecular weight is 261 g/mol. The molecule has 98 valence electrons. The molecule has 0 saturated carbocycles. The van der Waals surface area contributed by atoms with E-state index in [0.29, 0.717) is 11.4 Å². The van der Waals surface area contributed by atoms with Crippen LogP contribution in [0.4, 0.5) is 27.1 Å². The smallest absolute Gasteiger partial charge is 0.295 e. The van der Waals surface area contributed by atoms with E-state index in [2.05, 4.69) is 5.32 Å². The summed E-state index contributed by atoms with van der Waals surface area (Å²) >= 11 is 0. The largest absolute Gasteiger partial charge is 0.397 e. The third-order valence-corrected chi connectivity index (χ3v) is 2.63. The maximum absolute atomic E-state index is 13.0. The number of benzene rings is 2. The molecule has 0 aliphatic rings. The van der Waals surface area contributed by atoms with Gasteiger partial charge >= 0.3 is 0 Å². The molecule has 0 atom stereocenters. The van der Waals surface area contributed by atoms with Crippen LogP contribution in [0, 0.1) is 22.9 Å². The molecule has 0 spiro atoms. The molecule has 6 heteroatoms. The van der Waals surface area contributed by atoms with Gasteiger partial charge in [0.05, 0.1) is 22.4 Å². The fourth-order valence-corrected chi connectivity index (χ4v) is 1.70. The molecule has 0 aliphatic heterocycles. The lowest BCUT2D eigenvalue weighted by atomic mass is 10.2. The minimum Gasteiger partial charge on any atom is -0.397 e. The quantitative estimate of drug-likeness (QED) is 0.504. The lowest BCUT2D eigenvalue weighted by molar-refractivity contribution is -0.384. The Kier molecular flexibility index (Phi) is 3.33. The molecule has 0 amide bonds. The predicted octanol–water partition coefficient (Wildman–Crippen LogP) is 3.37. The number of aryl methyl sites for hydroxylation is 1. The number of nitrogens with zero attached hydrogens (tertiary/aromatic N) is 1. The van der Waals surface area contributed by atoms with Gasteiger partial charge in [-0.1, -0.05) is 6.07 Å². The summed E-state index contributed by atoms with van der Waals surface area (Å²) in [5, 5.41) is 13.7. The number of halogens is 1.